The van der Waals surface area contributed by atoms with Crippen molar-refractivity contribution >= 4 is 15.8 Å². The van der Waals surface area contributed by atoms with Gasteiger partial charge < -0.3 is 4.74 Å². The highest BCUT2D eigenvalue weighted by Crippen LogP contribution is 2.18. The summed E-state index contributed by atoms with van der Waals surface area (Å²) in [6, 6.07) is 8.69. The van der Waals surface area contributed by atoms with Gasteiger partial charge in [0.1, 0.15) is 0 Å². The molecule has 0 radical (unpaired) electrons. The molecule has 1 saturated heterocycles. The minimum Gasteiger partial charge on any atom is -0.462 e. The number of hydrogen-bond acceptors (Lipinski definition) is 4. The van der Waals surface area contributed by atoms with Crippen LogP contribution in [0.3, 0.4) is 0 Å². The number of sulfone groups is 1. The molecule has 5 heteroatoms. The summed E-state index contributed by atoms with van der Waals surface area (Å²) in [6.45, 7) is 0.187. The van der Waals surface area contributed by atoms with E-state index in [0.717, 1.165) is 0 Å². The summed E-state index contributed by atoms with van der Waals surface area (Å²) in [6.07, 6.45) is 0.588. The molecule has 1 fully saturated rings. The molecule has 0 bridgehead atoms. The van der Waals surface area contributed by atoms with Crippen LogP contribution in [-0.4, -0.2) is 32.5 Å². The van der Waals surface area contributed by atoms with Gasteiger partial charge in [0.05, 0.1) is 23.7 Å². The molecule has 1 atom stereocenters. The molecule has 0 aromatic heterocycles. The van der Waals surface area contributed by atoms with E-state index in [1.165, 1.54) is 0 Å². The molecule has 1 heterocycles. The van der Waals surface area contributed by atoms with Crippen LogP contribution in [0.5, 0.6) is 0 Å². The van der Waals surface area contributed by atoms with Crippen LogP contribution in [0.2, 0.25) is 0 Å². The van der Waals surface area contributed by atoms with Crippen molar-refractivity contribution in [1.29, 1.82) is 0 Å². The molecule has 0 amide bonds. The summed E-state index contributed by atoms with van der Waals surface area (Å²) in [5, 5.41) is 0. The molecule has 1 aliphatic rings. The maximum absolute atomic E-state index is 11.6. The first kappa shape index (κ1) is 12.1. The van der Waals surface area contributed by atoms with Crippen molar-refractivity contribution in [1.82, 2.24) is 0 Å². The van der Waals surface area contributed by atoms with E-state index in [1.807, 2.05) is 6.07 Å². The number of rotatable bonds is 3. The SMILES string of the molecule is O=C(OC[C@H]1CCS(=O)(=O)C1)c1ccccc1. The van der Waals surface area contributed by atoms with Gasteiger partial charge in [-0.25, -0.2) is 13.2 Å². The quantitative estimate of drug-likeness (QED) is 0.762. The van der Waals surface area contributed by atoms with Crippen molar-refractivity contribution in [2.45, 2.75) is 6.42 Å². The van der Waals surface area contributed by atoms with Gasteiger partial charge in [0.25, 0.3) is 0 Å². The number of carbonyl (C=O) groups excluding carboxylic acids is 1. The lowest BCUT2D eigenvalue weighted by molar-refractivity contribution is 0.0453. The van der Waals surface area contributed by atoms with Gasteiger partial charge in [-0.2, -0.15) is 0 Å². The predicted molar refractivity (Wildman–Crippen MR) is 63.5 cm³/mol. The molecule has 0 saturated carbocycles. The van der Waals surface area contributed by atoms with Crippen molar-refractivity contribution < 1.29 is 17.9 Å². The van der Waals surface area contributed by atoms with Gasteiger partial charge in [-0.3, -0.25) is 0 Å². The zero-order chi connectivity index (χ0) is 12.3. The van der Waals surface area contributed by atoms with Crippen molar-refractivity contribution in [2.24, 2.45) is 5.92 Å². The third kappa shape index (κ3) is 3.30. The van der Waals surface area contributed by atoms with E-state index in [2.05, 4.69) is 0 Å². The zero-order valence-electron chi connectivity index (χ0n) is 9.33. The number of hydrogen-bond donors (Lipinski definition) is 0. The summed E-state index contributed by atoms with van der Waals surface area (Å²) >= 11 is 0. The van der Waals surface area contributed by atoms with Crippen LogP contribution in [0.1, 0.15) is 16.8 Å². The minimum absolute atomic E-state index is 0.0485. The molecule has 0 spiro atoms. The maximum atomic E-state index is 11.6. The molecule has 17 heavy (non-hydrogen) atoms. The summed E-state index contributed by atoms with van der Waals surface area (Å²) in [4.78, 5) is 11.6. The monoisotopic (exact) mass is 254 g/mol. The summed E-state index contributed by atoms with van der Waals surface area (Å²) in [7, 11) is -2.90. The Balaban J connectivity index is 1.86. The molecule has 1 aromatic rings. The van der Waals surface area contributed by atoms with Gasteiger partial charge in [0.15, 0.2) is 9.84 Å². The van der Waals surface area contributed by atoms with Crippen LogP contribution < -0.4 is 0 Å². The molecule has 1 aromatic carbocycles. The van der Waals surface area contributed by atoms with Crippen LogP contribution in [0.4, 0.5) is 0 Å². The first-order valence-corrected chi connectivity index (χ1v) is 7.31. The van der Waals surface area contributed by atoms with Crippen LogP contribution in [0, 0.1) is 5.92 Å². The third-order valence-corrected chi connectivity index (χ3v) is 4.62. The highest BCUT2D eigenvalue weighted by Gasteiger charge is 2.28. The van der Waals surface area contributed by atoms with E-state index < -0.39 is 15.8 Å². The largest absolute Gasteiger partial charge is 0.462 e. The first-order valence-electron chi connectivity index (χ1n) is 5.49. The molecule has 92 valence electrons. The van der Waals surface area contributed by atoms with Crippen LogP contribution >= 0.6 is 0 Å². The molecule has 1 aliphatic heterocycles. The van der Waals surface area contributed by atoms with Gasteiger partial charge in [0, 0.05) is 5.92 Å². The Hall–Kier alpha value is -1.36. The Bertz CT molecular complexity index is 492. The molecule has 0 aliphatic carbocycles. The topological polar surface area (TPSA) is 60.4 Å². The second kappa shape index (κ2) is 4.87. The molecule has 0 N–H and O–H groups in total. The van der Waals surface area contributed by atoms with Gasteiger partial charge >= 0.3 is 5.97 Å². The fourth-order valence-electron chi connectivity index (χ4n) is 1.85. The van der Waals surface area contributed by atoms with Gasteiger partial charge in [-0.05, 0) is 18.6 Å². The molecule has 4 nitrogen and oxygen atoms in total. The first-order chi connectivity index (χ1) is 8.07. The van der Waals surface area contributed by atoms with E-state index in [0.29, 0.717) is 12.0 Å². The standard InChI is InChI=1S/C12H14O4S/c13-12(11-4-2-1-3-5-11)16-8-10-6-7-17(14,15)9-10/h1-5,10H,6-9H2/t10-/m1/s1. The van der Waals surface area contributed by atoms with Crippen molar-refractivity contribution in [2.75, 3.05) is 18.1 Å². The van der Waals surface area contributed by atoms with E-state index in [-0.39, 0.29) is 24.0 Å². The fraction of sp³-hybridized carbons (Fsp3) is 0.417. The predicted octanol–water partition coefficient (Wildman–Crippen LogP) is 1.28. The van der Waals surface area contributed by atoms with E-state index >= 15 is 0 Å². The summed E-state index contributed by atoms with van der Waals surface area (Å²) < 4.78 is 27.5. The highest BCUT2D eigenvalue weighted by atomic mass is 32.2. The van der Waals surface area contributed by atoms with Gasteiger partial charge in [-0.1, -0.05) is 18.2 Å². The van der Waals surface area contributed by atoms with Crippen molar-refractivity contribution in [3.05, 3.63) is 35.9 Å². The lowest BCUT2D eigenvalue weighted by atomic mass is 10.1. The average molecular weight is 254 g/mol. The normalized spacial score (nSPS) is 22.2. The molecule has 0 unspecified atom stereocenters. The third-order valence-electron chi connectivity index (χ3n) is 2.79. The molecular formula is C12H14O4S. The Labute approximate surface area is 101 Å². The summed E-state index contributed by atoms with van der Waals surface area (Å²) in [5.74, 6) is -0.0992. The number of esters is 1. The Morgan fingerprint density at radius 2 is 2.00 bits per heavy atom. The highest BCUT2D eigenvalue weighted by molar-refractivity contribution is 7.91. The van der Waals surface area contributed by atoms with Crippen molar-refractivity contribution in [3.8, 4) is 0 Å². The van der Waals surface area contributed by atoms with Gasteiger partial charge in [-0.15, -0.1) is 0 Å². The number of ether oxygens (including phenoxy) is 1. The van der Waals surface area contributed by atoms with Crippen LogP contribution in [0.15, 0.2) is 30.3 Å². The second-order valence-electron chi connectivity index (χ2n) is 4.23. The van der Waals surface area contributed by atoms with Gasteiger partial charge in [0.2, 0.25) is 0 Å². The Kier molecular flexibility index (Phi) is 3.47. The minimum atomic E-state index is -2.90. The van der Waals surface area contributed by atoms with E-state index in [9.17, 15) is 13.2 Å². The Morgan fingerprint density at radius 3 is 2.59 bits per heavy atom. The Morgan fingerprint density at radius 1 is 1.29 bits per heavy atom. The number of carbonyl (C=O) groups is 1. The average Bonchev–Trinajstić information content (AvgIpc) is 2.67. The molecule has 2 rings (SSSR count). The van der Waals surface area contributed by atoms with Crippen LogP contribution in [0.25, 0.3) is 0 Å². The summed E-state index contributed by atoms with van der Waals surface area (Å²) in [5.41, 5.74) is 0.494. The second-order valence-corrected chi connectivity index (χ2v) is 6.46. The lowest BCUT2D eigenvalue weighted by Crippen LogP contribution is -2.15. The van der Waals surface area contributed by atoms with Crippen LogP contribution in [-0.2, 0) is 14.6 Å². The smallest absolute Gasteiger partial charge is 0.338 e. The van der Waals surface area contributed by atoms with Crippen molar-refractivity contribution in [3.63, 3.8) is 0 Å². The van der Waals surface area contributed by atoms with E-state index in [4.69, 9.17) is 4.74 Å². The maximum Gasteiger partial charge on any atom is 0.338 e. The van der Waals surface area contributed by atoms with E-state index in [1.54, 1.807) is 24.3 Å². The lowest BCUT2D eigenvalue weighted by Gasteiger charge is -2.08. The molecular weight excluding hydrogens is 240 g/mol. The zero-order valence-corrected chi connectivity index (χ0v) is 10.2. The number of benzene rings is 1. The fourth-order valence-corrected chi connectivity index (χ4v) is 3.69.